The summed E-state index contributed by atoms with van der Waals surface area (Å²) in [7, 11) is 0. The molecule has 1 atom stereocenters. The Balaban J connectivity index is 1.63. The van der Waals surface area contributed by atoms with Gasteiger partial charge >= 0.3 is 5.97 Å². The summed E-state index contributed by atoms with van der Waals surface area (Å²) in [6.45, 7) is 2.69. The lowest BCUT2D eigenvalue weighted by molar-refractivity contribution is -0.145. The summed E-state index contributed by atoms with van der Waals surface area (Å²) in [5.74, 6) is -0.288. The molecule has 6 nitrogen and oxygen atoms in total. The molecule has 0 bridgehead atoms. The van der Waals surface area contributed by atoms with Gasteiger partial charge in [0, 0.05) is 31.4 Å². The van der Waals surface area contributed by atoms with Crippen LogP contribution < -0.4 is 5.32 Å². The van der Waals surface area contributed by atoms with Crippen LogP contribution in [0.5, 0.6) is 0 Å². The summed E-state index contributed by atoms with van der Waals surface area (Å²) in [6, 6.07) is 13.4. The number of benzene rings is 1. The van der Waals surface area contributed by atoms with E-state index < -0.39 is 6.04 Å². The Morgan fingerprint density at radius 3 is 2.50 bits per heavy atom. The van der Waals surface area contributed by atoms with Crippen LogP contribution in [0, 0.1) is 0 Å². The van der Waals surface area contributed by atoms with Gasteiger partial charge in [0.25, 0.3) is 0 Å². The molecule has 134 valence electrons. The molecular formula is C20H21N3O3. The molecule has 0 aliphatic heterocycles. The number of ether oxygens (including phenoxy) is 1. The minimum absolute atomic E-state index is 0.288. The second-order valence-corrected chi connectivity index (χ2v) is 5.81. The number of nitrogens with zero attached hydrogens (tertiary/aromatic N) is 2. The average molecular weight is 351 g/mol. The van der Waals surface area contributed by atoms with Crippen molar-refractivity contribution in [1.82, 2.24) is 15.5 Å². The van der Waals surface area contributed by atoms with Crippen LogP contribution in [0.25, 0.3) is 11.1 Å². The highest BCUT2D eigenvalue weighted by Gasteiger charge is 2.21. The Labute approximate surface area is 152 Å². The number of nitrogens with one attached hydrogen (secondary N) is 1. The van der Waals surface area contributed by atoms with Gasteiger partial charge in [-0.25, -0.2) is 0 Å². The Hall–Kier alpha value is -2.99. The van der Waals surface area contributed by atoms with Crippen LogP contribution in [0.1, 0.15) is 18.2 Å². The first-order valence-electron chi connectivity index (χ1n) is 8.55. The van der Waals surface area contributed by atoms with E-state index in [1.54, 1.807) is 25.4 Å². The third kappa shape index (κ3) is 4.77. The SMILES string of the molecule is CCOC(=O)C(Cc1ccon1)NCc1ccc(-c2ccncc2)cc1. The summed E-state index contributed by atoms with van der Waals surface area (Å²) < 4.78 is 9.99. The number of aromatic nitrogens is 2. The highest BCUT2D eigenvalue weighted by atomic mass is 16.5. The molecule has 1 N–H and O–H groups in total. The number of esters is 1. The zero-order valence-electron chi connectivity index (χ0n) is 14.6. The molecule has 1 unspecified atom stereocenters. The maximum absolute atomic E-state index is 12.2. The molecule has 6 heteroatoms. The minimum atomic E-state index is -0.472. The number of rotatable bonds is 8. The lowest BCUT2D eigenvalue weighted by Gasteiger charge is -2.16. The van der Waals surface area contributed by atoms with Crippen molar-refractivity contribution in [3.63, 3.8) is 0 Å². The van der Waals surface area contributed by atoms with Crippen LogP contribution in [-0.2, 0) is 22.5 Å². The van der Waals surface area contributed by atoms with Crippen molar-refractivity contribution >= 4 is 5.97 Å². The molecule has 0 spiro atoms. The second-order valence-electron chi connectivity index (χ2n) is 5.81. The van der Waals surface area contributed by atoms with Gasteiger partial charge in [-0.05, 0) is 35.7 Å². The van der Waals surface area contributed by atoms with E-state index in [4.69, 9.17) is 9.26 Å². The molecule has 0 saturated heterocycles. The van der Waals surface area contributed by atoms with Crippen molar-refractivity contribution in [3.05, 3.63) is 72.4 Å². The van der Waals surface area contributed by atoms with Gasteiger partial charge < -0.3 is 9.26 Å². The Morgan fingerprint density at radius 1 is 1.12 bits per heavy atom. The molecular weight excluding hydrogens is 330 g/mol. The molecule has 2 heterocycles. The molecule has 3 aromatic rings. The van der Waals surface area contributed by atoms with Gasteiger partial charge in [-0.15, -0.1) is 0 Å². The molecule has 2 aromatic heterocycles. The topological polar surface area (TPSA) is 77.2 Å². The van der Waals surface area contributed by atoms with Crippen molar-refractivity contribution in [2.45, 2.75) is 25.9 Å². The van der Waals surface area contributed by atoms with Crippen molar-refractivity contribution in [2.24, 2.45) is 0 Å². The van der Waals surface area contributed by atoms with Gasteiger partial charge in [-0.2, -0.15) is 0 Å². The van der Waals surface area contributed by atoms with E-state index in [9.17, 15) is 4.79 Å². The van der Waals surface area contributed by atoms with Gasteiger partial charge in [0.05, 0.1) is 12.3 Å². The predicted molar refractivity (Wildman–Crippen MR) is 97.1 cm³/mol. The number of carbonyl (C=O) groups excluding carboxylic acids is 1. The van der Waals surface area contributed by atoms with Gasteiger partial charge in [0.2, 0.25) is 0 Å². The molecule has 0 fully saturated rings. The summed E-state index contributed by atoms with van der Waals surface area (Å²) in [5.41, 5.74) is 4.04. The van der Waals surface area contributed by atoms with E-state index in [0.717, 1.165) is 16.7 Å². The van der Waals surface area contributed by atoms with E-state index in [-0.39, 0.29) is 5.97 Å². The molecule has 0 radical (unpaired) electrons. The third-order valence-electron chi connectivity index (χ3n) is 4.00. The molecule has 26 heavy (non-hydrogen) atoms. The van der Waals surface area contributed by atoms with E-state index in [2.05, 4.69) is 27.6 Å². The first-order chi connectivity index (χ1) is 12.8. The van der Waals surface area contributed by atoms with Crippen LogP contribution in [0.4, 0.5) is 0 Å². The molecule has 0 aliphatic carbocycles. The number of carbonyl (C=O) groups is 1. The number of hydrogen-bond donors (Lipinski definition) is 1. The lowest BCUT2D eigenvalue weighted by Crippen LogP contribution is -2.39. The zero-order chi connectivity index (χ0) is 18.2. The standard InChI is InChI=1S/C20H21N3O3/c1-2-25-20(24)19(13-18-9-12-26-23-18)22-14-15-3-5-16(6-4-15)17-7-10-21-11-8-17/h3-12,19,22H,2,13-14H2,1H3. The fourth-order valence-electron chi connectivity index (χ4n) is 2.63. The van der Waals surface area contributed by atoms with Gasteiger partial charge in [-0.1, -0.05) is 29.4 Å². The number of hydrogen-bond acceptors (Lipinski definition) is 6. The van der Waals surface area contributed by atoms with E-state index in [1.807, 2.05) is 24.3 Å². The Morgan fingerprint density at radius 2 is 1.85 bits per heavy atom. The van der Waals surface area contributed by atoms with Crippen molar-refractivity contribution in [2.75, 3.05) is 6.61 Å². The van der Waals surface area contributed by atoms with E-state index >= 15 is 0 Å². The summed E-state index contributed by atoms with van der Waals surface area (Å²) >= 11 is 0. The van der Waals surface area contributed by atoms with Gasteiger partial charge in [0.15, 0.2) is 0 Å². The molecule has 0 amide bonds. The predicted octanol–water partition coefficient (Wildman–Crippen LogP) is 3.00. The van der Waals surface area contributed by atoms with Gasteiger partial charge in [0.1, 0.15) is 12.3 Å². The Bertz CT molecular complexity index is 802. The molecule has 0 saturated carbocycles. The quantitative estimate of drug-likeness (QED) is 0.629. The Kier molecular flexibility index (Phi) is 6.11. The average Bonchev–Trinajstić information content (AvgIpc) is 3.19. The van der Waals surface area contributed by atoms with Crippen LogP contribution in [0.2, 0.25) is 0 Å². The maximum Gasteiger partial charge on any atom is 0.323 e. The summed E-state index contributed by atoms with van der Waals surface area (Å²) in [4.78, 5) is 16.2. The van der Waals surface area contributed by atoms with Crippen LogP contribution in [-0.4, -0.2) is 28.8 Å². The van der Waals surface area contributed by atoms with Crippen LogP contribution in [0.3, 0.4) is 0 Å². The number of pyridine rings is 1. The molecule has 1 aromatic carbocycles. The highest BCUT2D eigenvalue weighted by Crippen LogP contribution is 2.18. The van der Waals surface area contributed by atoms with Gasteiger partial charge in [-0.3, -0.25) is 15.1 Å². The fourth-order valence-corrected chi connectivity index (χ4v) is 2.63. The summed E-state index contributed by atoms with van der Waals surface area (Å²) in [5, 5.41) is 7.12. The van der Waals surface area contributed by atoms with E-state index in [0.29, 0.717) is 25.3 Å². The zero-order valence-corrected chi connectivity index (χ0v) is 14.6. The van der Waals surface area contributed by atoms with Crippen molar-refractivity contribution < 1.29 is 14.1 Å². The first kappa shape index (κ1) is 17.8. The third-order valence-corrected chi connectivity index (χ3v) is 4.00. The summed E-state index contributed by atoms with van der Waals surface area (Å²) in [6.07, 6.45) is 5.47. The molecule has 3 rings (SSSR count). The van der Waals surface area contributed by atoms with Crippen molar-refractivity contribution in [1.29, 1.82) is 0 Å². The van der Waals surface area contributed by atoms with Crippen LogP contribution >= 0.6 is 0 Å². The monoisotopic (exact) mass is 351 g/mol. The lowest BCUT2D eigenvalue weighted by atomic mass is 10.0. The van der Waals surface area contributed by atoms with Crippen LogP contribution in [0.15, 0.2) is 65.6 Å². The second kappa shape index (κ2) is 8.92. The smallest absolute Gasteiger partial charge is 0.323 e. The largest absolute Gasteiger partial charge is 0.465 e. The molecule has 0 aliphatic rings. The highest BCUT2D eigenvalue weighted by molar-refractivity contribution is 5.76. The maximum atomic E-state index is 12.2. The fraction of sp³-hybridized carbons (Fsp3) is 0.250. The van der Waals surface area contributed by atoms with Crippen molar-refractivity contribution in [3.8, 4) is 11.1 Å². The van der Waals surface area contributed by atoms with E-state index in [1.165, 1.54) is 6.26 Å². The first-order valence-corrected chi connectivity index (χ1v) is 8.55. The minimum Gasteiger partial charge on any atom is -0.465 e. The normalized spacial score (nSPS) is 11.9.